The Morgan fingerprint density at radius 1 is 1.38 bits per heavy atom. The molecule has 1 aliphatic rings. The Kier molecular flexibility index (Phi) is 12.4. The summed E-state index contributed by atoms with van der Waals surface area (Å²) in [5.74, 6) is 0.982. The molecule has 1 heterocycles. The summed E-state index contributed by atoms with van der Waals surface area (Å²) in [5.41, 5.74) is 0.582. The lowest BCUT2D eigenvalue weighted by Gasteiger charge is -2.25. The monoisotopic (exact) mass is 541 g/mol. The zero-order valence-corrected chi connectivity index (χ0v) is 20.7. The van der Waals surface area contributed by atoms with E-state index in [1.807, 2.05) is 6.92 Å². The molecule has 0 aromatic heterocycles. The van der Waals surface area contributed by atoms with E-state index in [1.54, 1.807) is 6.07 Å². The summed E-state index contributed by atoms with van der Waals surface area (Å²) in [6, 6.07) is 4.53. The maximum atomic E-state index is 13.3. The number of aliphatic imine (C=N–C) groups is 1. The molecule has 1 aliphatic heterocycles. The van der Waals surface area contributed by atoms with Crippen molar-refractivity contribution < 1.29 is 13.9 Å². The van der Waals surface area contributed by atoms with Crippen LogP contribution in [0.2, 0.25) is 5.02 Å². The highest BCUT2D eigenvalue weighted by Gasteiger charge is 2.23. The van der Waals surface area contributed by atoms with Crippen molar-refractivity contribution in [2.75, 3.05) is 46.1 Å². The van der Waals surface area contributed by atoms with Gasteiger partial charge in [-0.3, -0.25) is 4.99 Å². The van der Waals surface area contributed by atoms with Gasteiger partial charge < -0.3 is 20.1 Å². The largest absolute Gasteiger partial charge is 0.381 e. The fourth-order valence-electron chi connectivity index (χ4n) is 3.09. The Morgan fingerprint density at radius 2 is 2.17 bits per heavy atom. The van der Waals surface area contributed by atoms with E-state index in [4.69, 9.17) is 26.1 Å². The first-order chi connectivity index (χ1) is 13.4. The van der Waals surface area contributed by atoms with E-state index in [-0.39, 0.29) is 35.2 Å². The third-order valence-electron chi connectivity index (χ3n) is 4.77. The Labute approximate surface area is 196 Å². The molecule has 1 fully saturated rings. The number of hydrogen-bond donors (Lipinski definition) is 2. The summed E-state index contributed by atoms with van der Waals surface area (Å²) in [4.78, 5) is 4.69. The number of guanidine groups is 1. The molecule has 0 spiro atoms. The van der Waals surface area contributed by atoms with Gasteiger partial charge in [0, 0.05) is 42.7 Å². The van der Waals surface area contributed by atoms with Gasteiger partial charge in [0.05, 0.1) is 19.8 Å². The van der Waals surface area contributed by atoms with Crippen molar-refractivity contribution in [2.45, 2.75) is 39.0 Å². The summed E-state index contributed by atoms with van der Waals surface area (Å²) in [6.45, 7) is 11.4. The van der Waals surface area contributed by atoms with Crippen molar-refractivity contribution in [2.24, 2.45) is 10.9 Å². The van der Waals surface area contributed by atoms with Crippen molar-refractivity contribution in [3.05, 3.63) is 34.6 Å². The molecule has 2 rings (SSSR count). The van der Waals surface area contributed by atoms with Gasteiger partial charge in [-0.1, -0.05) is 31.5 Å². The maximum absolute atomic E-state index is 13.3. The molecule has 8 heteroatoms. The van der Waals surface area contributed by atoms with Crippen LogP contribution in [-0.2, 0) is 14.9 Å². The van der Waals surface area contributed by atoms with Crippen molar-refractivity contribution in [1.29, 1.82) is 0 Å². The molecule has 0 bridgehead atoms. The van der Waals surface area contributed by atoms with Crippen LogP contribution in [-0.4, -0.2) is 52.0 Å². The topological polar surface area (TPSA) is 54.9 Å². The summed E-state index contributed by atoms with van der Waals surface area (Å²) in [7, 11) is 0. The number of ether oxygens (including phenoxy) is 2. The third-order valence-corrected chi connectivity index (χ3v) is 5.09. The van der Waals surface area contributed by atoms with E-state index in [1.165, 1.54) is 12.1 Å². The molecule has 1 saturated heterocycles. The summed E-state index contributed by atoms with van der Waals surface area (Å²) >= 11 is 6.23. The van der Waals surface area contributed by atoms with Crippen LogP contribution in [0.4, 0.5) is 4.39 Å². The van der Waals surface area contributed by atoms with Gasteiger partial charge in [-0.2, -0.15) is 0 Å². The molecule has 0 amide bonds. The minimum atomic E-state index is -0.328. The van der Waals surface area contributed by atoms with E-state index in [9.17, 15) is 4.39 Å². The standard InChI is InChI=1S/C21H33ClFN3O2.HI/c1-4-24-20(25-9-5-10-27-13-16-8-11-28-14-16)26-15-21(2,3)18-7-6-17(23)12-19(18)22;/h6-7,12,16H,4-5,8-11,13-15H2,1-3H3,(H2,24,25,26);1H. The van der Waals surface area contributed by atoms with Crippen molar-refractivity contribution in [3.63, 3.8) is 0 Å². The number of rotatable bonds is 10. The predicted molar refractivity (Wildman–Crippen MR) is 128 cm³/mol. The second-order valence-electron chi connectivity index (χ2n) is 7.79. The highest BCUT2D eigenvalue weighted by Crippen LogP contribution is 2.30. The van der Waals surface area contributed by atoms with Crippen molar-refractivity contribution >= 4 is 41.5 Å². The second kappa shape index (κ2) is 13.6. The fraction of sp³-hybridized carbons (Fsp3) is 0.667. The first-order valence-electron chi connectivity index (χ1n) is 10.1. The van der Waals surface area contributed by atoms with E-state index >= 15 is 0 Å². The van der Waals surface area contributed by atoms with Crippen LogP contribution in [0, 0.1) is 11.7 Å². The fourth-order valence-corrected chi connectivity index (χ4v) is 3.51. The van der Waals surface area contributed by atoms with Gasteiger partial charge in [-0.05, 0) is 37.5 Å². The molecule has 1 atom stereocenters. The molecule has 0 radical (unpaired) electrons. The molecular weight excluding hydrogens is 508 g/mol. The van der Waals surface area contributed by atoms with Crippen LogP contribution in [0.5, 0.6) is 0 Å². The van der Waals surface area contributed by atoms with Crippen LogP contribution in [0.15, 0.2) is 23.2 Å². The summed E-state index contributed by atoms with van der Waals surface area (Å²) in [5, 5.41) is 7.03. The minimum Gasteiger partial charge on any atom is -0.381 e. The predicted octanol–water partition coefficient (Wildman–Crippen LogP) is 4.37. The zero-order valence-electron chi connectivity index (χ0n) is 17.6. The average Bonchev–Trinajstić information content (AvgIpc) is 3.15. The molecule has 5 nitrogen and oxygen atoms in total. The maximum Gasteiger partial charge on any atom is 0.191 e. The summed E-state index contributed by atoms with van der Waals surface area (Å²) < 4.78 is 24.4. The Morgan fingerprint density at radius 3 is 2.83 bits per heavy atom. The molecule has 1 aromatic rings. The third kappa shape index (κ3) is 9.36. The first kappa shape index (κ1) is 26.4. The van der Waals surface area contributed by atoms with E-state index in [0.29, 0.717) is 17.5 Å². The zero-order chi connectivity index (χ0) is 20.4. The normalized spacial score (nSPS) is 17.1. The number of benzene rings is 1. The molecule has 1 aromatic carbocycles. The van der Waals surface area contributed by atoms with Gasteiger partial charge >= 0.3 is 0 Å². The van der Waals surface area contributed by atoms with Crippen molar-refractivity contribution in [3.8, 4) is 0 Å². The molecule has 166 valence electrons. The van der Waals surface area contributed by atoms with Gasteiger partial charge in [0.2, 0.25) is 0 Å². The van der Waals surface area contributed by atoms with Gasteiger partial charge in [-0.25, -0.2) is 4.39 Å². The smallest absolute Gasteiger partial charge is 0.191 e. The number of nitrogens with one attached hydrogen (secondary N) is 2. The Bertz CT molecular complexity index is 640. The molecule has 0 aliphatic carbocycles. The molecular formula is C21H34ClFIN3O2. The molecule has 2 N–H and O–H groups in total. The Hall–Kier alpha value is -0.640. The highest BCUT2D eigenvalue weighted by molar-refractivity contribution is 14.0. The van der Waals surface area contributed by atoms with Gasteiger partial charge in [0.25, 0.3) is 0 Å². The quantitative estimate of drug-likeness (QED) is 0.200. The molecule has 29 heavy (non-hydrogen) atoms. The minimum absolute atomic E-state index is 0. The highest BCUT2D eigenvalue weighted by atomic mass is 127. The van der Waals surface area contributed by atoms with Crippen LogP contribution in [0.3, 0.4) is 0 Å². The lowest BCUT2D eigenvalue weighted by Crippen LogP contribution is -2.39. The lowest BCUT2D eigenvalue weighted by atomic mass is 9.84. The number of nitrogens with zero attached hydrogens (tertiary/aromatic N) is 1. The Balaban J connectivity index is 0.00000420. The second-order valence-corrected chi connectivity index (χ2v) is 8.20. The molecule has 1 unspecified atom stereocenters. The van der Waals surface area contributed by atoms with Gasteiger partial charge in [0.1, 0.15) is 5.82 Å². The van der Waals surface area contributed by atoms with Crippen LogP contribution in [0.25, 0.3) is 0 Å². The van der Waals surface area contributed by atoms with Crippen LogP contribution < -0.4 is 10.6 Å². The van der Waals surface area contributed by atoms with E-state index in [2.05, 4.69) is 24.5 Å². The SMILES string of the molecule is CCNC(=NCC(C)(C)c1ccc(F)cc1Cl)NCCCOCC1CCOC1.I. The van der Waals surface area contributed by atoms with E-state index in [0.717, 1.165) is 63.9 Å². The van der Waals surface area contributed by atoms with Crippen LogP contribution >= 0.6 is 35.6 Å². The van der Waals surface area contributed by atoms with Crippen molar-refractivity contribution in [1.82, 2.24) is 10.6 Å². The number of halogens is 3. The average molecular weight is 542 g/mol. The van der Waals surface area contributed by atoms with Gasteiger partial charge in [-0.15, -0.1) is 24.0 Å². The number of hydrogen-bond acceptors (Lipinski definition) is 3. The lowest BCUT2D eigenvalue weighted by molar-refractivity contribution is 0.0888. The van der Waals surface area contributed by atoms with Gasteiger partial charge in [0.15, 0.2) is 5.96 Å². The molecule has 0 saturated carbocycles. The first-order valence-corrected chi connectivity index (χ1v) is 10.4. The van der Waals surface area contributed by atoms with Crippen LogP contribution in [0.1, 0.15) is 39.2 Å². The van der Waals surface area contributed by atoms with E-state index < -0.39 is 0 Å². The summed E-state index contributed by atoms with van der Waals surface area (Å²) in [6.07, 6.45) is 2.01.